The lowest BCUT2D eigenvalue weighted by molar-refractivity contribution is 0.101. The van der Waals surface area contributed by atoms with Gasteiger partial charge in [0.2, 0.25) is 0 Å². The Hall–Kier alpha value is -1.13. The fourth-order valence-electron chi connectivity index (χ4n) is 1.60. The molecule has 94 valence electrons. The van der Waals surface area contributed by atoms with Crippen LogP contribution >= 0.6 is 11.6 Å². The number of halogens is 2. The van der Waals surface area contributed by atoms with Crippen LogP contribution in [-0.2, 0) is 0 Å². The summed E-state index contributed by atoms with van der Waals surface area (Å²) >= 11 is 5.74. The van der Waals surface area contributed by atoms with E-state index < -0.39 is 11.9 Å². The van der Waals surface area contributed by atoms with Crippen molar-refractivity contribution in [1.82, 2.24) is 0 Å². The van der Waals surface area contributed by atoms with Crippen LogP contribution < -0.4 is 10.5 Å². The Balaban J connectivity index is 3.57. The van der Waals surface area contributed by atoms with Crippen molar-refractivity contribution < 1.29 is 13.9 Å². The third-order valence-corrected chi connectivity index (χ3v) is 2.60. The van der Waals surface area contributed by atoms with Gasteiger partial charge in [0.1, 0.15) is 11.6 Å². The molecule has 0 saturated carbocycles. The summed E-state index contributed by atoms with van der Waals surface area (Å²) in [4.78, 5) is 11.5. The molecule has 1 atom stereocenters. The van der Waals surface area contributed by atoms with Gasteiger partial charge in [-0.1, -0.05) is 11.6 Å². The summed E-state index contributed by atoms with van der Waals surface area (Å²) in [7, 11) is 0. The molecule has 0 saturated heterocycles. The third kappa shape index (κ3) is 2.76. The summed E-state index contributed by atoms with van der Waals surface area (Å²) in [5, 5.41) is -0.119. The number of hydrogen-bond donors (Lipinski definition) is 1. The van der Waals surface area contributed by atoms with E-state index in [2.05, 4.69) is 0 Å². The summed E-state index contributed by atoms with van der Waals surface area (Å²) in [6, 6.07) is 0.671. The van der Waals surface area contributed by atoms with Crippen LogP contribution in [-0.4, -0.2) is 12.4 Å². The SMILES string of the molecule is CCOc1c(C(C)=O)cc(Cl)c(F)c1C(C)N. The van der Waals surface area contributed by atoms with Crippen LogP contribution in [0.1, 0.15) is 42.7 Å². The van der Waals surface area contributed by atoms with Gasteiger partial charge in [-0.25, -0.2) is 4.39 Å². The van der Waals surface area contributed by atoms with Gasteiger partial charge in [0, 0.05) is 11.6 Å². The first-order valence-corrected chi connectivity index (χ1v) is 5.69. The zero-order valence-corrected chi connectivity index (χ0v) is 10.8. The quantitative estimate of drug-likeness (QED) is 0.846. The molecular formula is C12H15ClFNO2. The van der Waals surface area contributed by atoms with Crippen molar-refractivity contribution in [2.24, 2.45) is 5.73 Å². The van der Waals surface area contributed by atoms with E-state index in [1.165, 1.54) is 13.0 Å². The number of benzene rings is 1. The highest BCUT2D eigenvalue weighted by Crippen LogP contribution is 2.35. The molecule has 1 rings (SSSR count). The highest BCUT2D eigenvalue weighted by atomic mass is 35.5. The maximum atomic E-state index is 13.9. The van der Waals surface area contributed by atoms with E-state index >= 15 is 0 Å². The van der Waals surface area contributed by atoms with Crippen LogP contribution in [0.4, 0.5) is 4.39 Å². The second-order valence-electron chi connectivity index (χ2n) is 3.74. The molecule has 0 fully saturated rings. The first-order valence-electron chi connectivity index (χ1n) is 5.31. The van der Waals surface area contributed by atoms with Crippen LogP contribution in [0.15, 0.2) is 6.07 Å². The minimum atomic E-state index is -0.630. The average Bonchev–Trinajstić information content (AvgIpc) is 2.22. The smallest absolute Gasteiger partial charge is 0.163 e. The van der Waals surface area contributed by atoms with E-state index in [0.717, 1.165) is 0 Å². The first-order chi connectivity index (χ1) is 7.90. The second-order valence-corrected chi connectivity index (χ2v) is 4.15. The number of hydrogen-bond acceptors (Lipinski definition) is 3. The zero-order chi connectivity index (χ0) is 13.2. The molecule has 0 aliphatic rings. The second kappa shape index (κ2) is 5.47. The maximum absolute atomic E-state index is 13.9. The molecule has 17 heavy (non-hydrogen) atoms. The predicted molar refractivity (Wildman–Crippen MR) is 65.2 cm³/mol. The summed E-state index contributed by atoms with van der Waals surface area (Å²) in [5.41, 5.74) is 6.09. The lowest BCUT2D eigenvalue weighted by Gasteiger charge is -2.17. The molecule has 0 heterocycles. The van der Waals surface area contributed by atoms with Gasteiger partial charge in [-0.2, -0.15) is 0 Å². The van der Waals surface area contributed by atoms with Gasteiger partial charge >= 0.3 is 0 Å². The largest absolute Gasteiger partial charge is 0.493 e. The summed E-state index contributed by atoms with van der Waals surface area (Å²) in [5.74, 6) is -0.677. The molecule has 2 N–H and O–H groups in total. The minimum absolute atomic E-state index is 0.119. The van der Waals surface area contributed by atoms with Gasteiger partial charge in [-0.3, -0.25) is 4.79 Å². The van der Waals surface area contributed by atoms with Gasteiger partial charge in [-0.15, -0.1) is 0 Å². The van der Waals surface area contributed by atoms with Crippen LogP contribution in [0.2, 0.25) is 5.02 Å². The van der Waals surface area contributed by atoms with Crippen molar-refractivity contribution in [3.63, 3.8) is 0 Å². The highest BCUT2D eigenvalue weighted by molar-refractivity contribution is 6.31. The summed E-state index contributed by atoms with van der Waals surface area (Å²) < 4.78 is 19.2. The summed E-state index contributed by atoms with van der Waals surface area (Å²) in [6.45, 7) is 5.06. The Morgan fingerprint density at radius 1 is 1.65 bits per heavy atom. The lowest BCUT2D eigenvalue weighted by atomic mass is 10.0. The number of nitrogens with two attached hydrogens (primary N) is 1. The Kier molecular flexibility index (Phi) is 4.48. The van der Waals surface area contributed by atoms with Crippen molar-refractivity contribution in [2.75, 3.05) is 6.61 Å². The van der Waals surface area contributed by atoms with Gasteiger partial charge in [-0.05, 0) is 26.8 Å². The van der Waals surface area contributed by atoms with Gasteiger partial charge in [0.15, 0.2) is 5.78 Å². The highest BCUT2D eigenvalue weighted by Gasteiger charge is 2.23. The molecule has 0 bridgehead atoms. The van der Waals surface area contributed by atoms with E-state index in [0.29, 0.717) is 6.61 Å². The van der Waals surface area contributed by atoms with Gasteiger partial charge in [0.25, 0.3) is 0 Å². The van der Waals surface area contributed by atoms with E-state index in [9.17, 15) is 9.18 Å². The van der Waals surface area contributed by atoms with Crippen molar-refractivity contribution in [1.29, 1.82) is 0 Å². The Morgan fingerprint density at radius 3 is 2.65 bits per heavy atom. The van der Waals surface area contributed by atoms with Crippen molar-refractivity contribution in [3.8, 4) is 5.75 Å². The van der Waals surface area contributed by atoms with Crippen molar-refractivity contribution in [3.05, 3.63) is 28.0 Å². The Morgan fingerprint density at radius 2 is 2.24 bits per heavy atom. The number of ether oxygens (including phenoxy) is 1. The standard InChI is InChI=1S/C12H15ClFNO2/c1-4-17-12-8(7(3)16)5-9(13)11(14)10(12)6(2)15/h5-6H,4,15H2,1-3H3. The first kappa shape index (κ1) is 13.9. The molecule has 0 spiro atoms. The predicted octanol–water partition coefficient (Wildman–Crippen LogP) is 3.10. The molecule has 0 aliphatic carbocycles. The number of carbonyl (C=O) groups excluding carboxylic acids is 1. The normalized spacial score (nSPS) is 12.4. The molecule has 1 aromatic carbocycles. The Labute approximate surface area is 105 Å². The maximum Gasteiger partial charge on any atom is 0.163 e. The monoisotopic (exact) mass is 259 g/mol. The molecule has 1 unspecified atom stereocenters. The van der Waals surface area contributed by atoms with Crippen LogP contribution in [0.3, 0.4) is 0 Å². The number of rotatable bonds is 4. The van der Waals surface area contributed by atoms with Crippen molar-refractivity contribution in [2.45, 2.75) is 26.8 Å². The van der Waals surface area contributed by atoms with Gasteiger partial charge < -0.3 is 10.5 Å². The molecule has 1 aromatic rings. The lowest BCUT2D eigenvalue weighted by Crippen LogP contribution is -2.14. The van der Waals surface area contributed by atoms with Crippen LogP contribution in [0.5, 0.6) is 5.75 Å². The fourth-order valence-corrected chi connectivity index (χ4v) is 1.81. The van der Waals surface area contributed by atoms with E-state index in [-0.39, 0.29) is 27.7 Å². The number of ketones is 1. The molecule has 3 nitrogen and oxygen atoms in total. The van der Waals surface area contributed by atoms with Crippen molar-refractivity contribution >= 4 is 17.4 Å². The average molecular weight is 260 g/mol. The fraction of sp³-hybridized carbons (Fsp3) is 0.417. The molecule has 0 aliphatic heterocycles. The minimum Gasteiger partial charge on any atom is -0.493 e. The molecular weight excluding hydrogens is 245 g/mol. The third-order valence-electron chi connectivity index (χ3n) is 2.33. The van der Waals surface area contributed by atoms with Crippen LogP contribution in [0, 0.1) is 5.82 Å². The molecule has 0 aromatic heterocycles. The molecule has 0 radical (unpaired) electrons. The van der Waals surface area contributed by atoms with E-state index in [1.54, 1.807) is 13.8 Å². The zero-order valence-electron chi connectivity index (χ0n) is 10.0. The Bertz CT molecular complexity index is 447. The van der Waals surface area contributed by atoms with E-state index in [4.69, 9.17) is 22.1 Å². The number of carbonyl (C=O) groups is 1. The summed E-state index contributed by atoms with van der Waals surface area (Å²) in [6.07, 6.45) is 0. The molecule has 5 heteroatoms. The van der Waals surface area contributed by atoms with Crippen LogP contribution in [0.25, 0.3) is 0 Å². The number of Topliss-reactive ketones (excluding diaryl/α,β-unsaturated/α-hetero) is 1. The molecule has 0 amide bonds. The topological polar surface area (TPSA) is 52.3 Å². The van der Waals surface area contributed by atoms with E-state index in [1.807, 2.05) is 0 Å². The van der Waals surface area contributed by atoms with Gasteiger partial charge in [0.05, 0.1) is 17.2 Å².